The summed E-state index contributed by atoms with van der Waals surface area (Å²) < 4.78 is 0. The molecule has 0 aliphatic carbocycles. The summed E-state index contributed by atoms with van der Waals surface area (Å²) in [5.74, 6) is -0.359. The highest BCUT2D eigenvalue weighted by molar-refractivity contribution is 7.14. The minimum absolute atomic E-state index is 0.174. The maximum absolute atomic E-state index is 12.2. The summed E-state index contributed by atoms with van der Waals surface area (Å²) in [5, 5.41) is 8.08. The molecule has 0 atom stereocenters. The van der Waals surface area contributed by atoms with Crippen LogP contribution in [0.5, 0.6) is 0 Å². The number of rotatable bonds is 6. The summed E-state index contributed by atoms with van der Waals surface area (Å²) in [4.78, 5) is 28.7. The fourth-order valence-electron chi connectivity index (χ4n) is 3.19. The van der Waals surface area contributed by atoms with Crippen molar-refractivity contribution in [3.8, 4) is 11.3 Å². The predicted octanol–water partition coefficient (Wildman–Crippen LogP) is 4.49. The number of nitrogens with one attached hydrogen (secondary N) is 2. The van der Waals surface area contributed by atoms with Crippen LogP contribution in [0, 0.1) is 20.8 Å². The van der Waals surface area contributed by atoms with Crippen molar-refractivity contribution in [3.63, 3.8) is 0 Å². The zero-order valence-corrected chi connectivity index (χ0v) is 17.0. The zero-order chi connectivity index (χ0) is 20.1. The predicted molar refractivity (Wildman–Crippen MR) is 114 cm³/mol. The number of carbonyl (C=O) groups excluding carboxylic acids is 2. The smallest absolute Gasteiger partial charge is 0.251 e. The quantitative estimate of drug-likeness (QED) is 0.648. The summed E-state index contributed by atoms with van der Waals surface area (Å²) in [5.41, 5.74) is 6.12. The molecule has 2 aromatic carbocycles. The van der Waals surface area contributed by atoms with Gasteiger partial charge in [0.2, 0.25) is 5.91 Å². The molecule has 0 saturated heterocycles. The highest BCUT2D eigenvalue weighted by atomic mass is 32.1. The molecule has 0 radical (unpaired) electrons. The van der Waals surface area contributed by atoms with E-state index in [1.54, 1.807) is 24.3 Å². The third-order valence-corrected chi connectivity index (χ3v) is 5.12. The molecule has 5 nitrogen and oxygen atoms in total. The van der Waals surface area contributed by atoms with Crippen LogP contribution in [0.15, 0.2) is 47.8 Å². The van der Waals surface area contributed by atoms with Crippen LogP contribution in [0.2, 0.25) is 0 Å². The van der Waals surface area contributed by atoms with E-state index in [-0.39, 0.29) is 24.8 Å². The van der Waals surface area contributed by atoms with E-state index in [1.807, 2.05) is 11.4 Å². The number of hydrogen-bond acceptors (Lipinski definition) is 4. The van der Waals surface area contributed by atoms with E-state index in [0.29, 0.717) is 10.7 Å². The van der Waals surface area contributed by atoms with Gasteiger partial charge >= 0.3 is 0 Å². The molecule has 2 amide bonds. The van der Waals surface area contributed by atoms with Crippen LogP contribution < -0.4 is 10.6 Å². The second-order valence-electron chi connectivity index (χ2n) is 6.73. The van der Waals surface area contributed by atoms with Gasteiger partial charge in [0.1, 0.15) is 0 Å². The van der Waals surface area contributed by atoms with Gasteiger partial charge in [-0.2, -0.15) is 0 Å². The van der Waals surface area contributed by atoms with Crippen LogP contribution in [0.25, 0.3) is 11.3 Å². The van der Waals surface area contributed by atoms with Crippen molar-refractivity contribution < 1.29 is 9.59 Å². The summed E-state index contributed by atoms with van der Waals surface area (Å²) in [6, 6.07) is 13.2. The van der Waals surface area contributed by atoms with Crippen LogP contribution in [-0.2, 0) is 4.79 Å². The van der Waals surface area contributed by atoms with Crippen LogP contribution in [-0.4, -0.2) is 23.3 Å². The van der Waals surface area contributed by atoms with Crippen molar-refractivity contribution in [1.29, 1.82) is 0 Å². The number of amides is 2. The van der Waals surface area contributed by atoms with Gasteiger partial charge in [-0.15, -0.1) is 11.3 Å². The average molecular weight is 394 g/mol. The van der Waals surface area contributed by atoms with E-state index >= 15 is 0 Å². The SMILES string of the molecule is Cc1cc(C)c(-c2csc(NC(=O)CCNC(=O)c3ccccc3)n2)c(C)c1. The molecule has 28 heavy (non-hydrogen) atoms. The Bertz CT molecular complexity index is 973. The van der Waals surface area contributed by atoms with Crippen molar-refractivity contribution in [2.24, 2.45) is 0 Å². The molecule has 0 unspecified atom stereocenters. The molecule has 3 rings (SSSR count). The number of carbonyl (C=O) groups is 2. The Labute approximate surface area is 168 Å². The largest absolute Gasteiger partial charge is 0.352 e. The van der Waals surface area contributed by atoms with Crippen molar-refractivity contribution in [2.45, 2.75) is 27.2 Å². The summed E-state index contributed by atoms with van der Waals surface area (Å²) >= 11 is 1.40. The lowest BCUT2D eigenvalue weighted by Gasteiger charge is -2.08. The first-order valence-corrected chi connectivity index (χ1v) is 9.99. The second kappa shape index (κ2) is 8.80. The van der Waals surface area contributed by atoms with Gasteiger partial charge < -0.3 is 10.6 Å². The molecule has 2 N–H and O–H groups in total. The first kappa shape index (κ1) is 19.8. The molecule has 0 bridgehead atoms. The molecule has 3 aromatic rings. The Kier molecular flexibility index (Phi) is 6.21. The zero-order valence-electron chi connectivity index (χ0n) is 16.2. The van der Waals surface area contributed by atoms with Crippen LogP contribution >= 0.6 is 11.3 Å². The molecule has 0 saturated carbocycles. The van der Waals surface area contributed by atoms with Gasteiger partial charge in [-0.25, -0.2) is 4.98 Å². The van der Waals surface area contributed by atoms with Gasteiger partial charge in [0, 0.05) is 29.5 Å². The Morgan fingerprint density at radius 1 is 1.04 bits per heavy atom. The third-order valence-electron chi connectivity index (χ3n) is 4.36. The van der Waals surface area contributed by atoms with E-state index in [9.17, 15) is 9.59 Å². The monoisotopic (exact) mass is 393 g/mol. The number of nitrogens with zero attached hydrogens (tertiary/aromatic N) is 1. The number of aromatic nitrogens is 1. The molecule has 0 aliphatic rings. The van der Waals surface area contributed by atoms with Gasteiger partial charge in [0.05, 0.1) is 5.69 Å². The fourth-order valence-corrected chi connectivity index (χ4v) is 3.91. The van der Waals surface area contributed by atoms with E-state index in [1.165, 1.54) is 28.0 Å². The Balaban J connectivity index is 1.55. The number of thiazole rings is 1. The molecule has 0 aliphatic heterocycles. The lowest BCUT2D eigenvalue weighted by molar-refractivity contribution is -0.116. The lowest BCUT2D eigenvalue weighted by atomic mass is 9.98. The van der Waals surface area contributed by atoms with Crippen LogP contribution in [0.1, 0.15) is 33.5 Å². The topological polar surface area (TPSA) is 71.1 Å². The van der Waals surface area contributed by atoms with Gasteiger partial charge in [0.25, 0.3) is 5.91 Å². The maximum Gasteiger partial charge on any atom is 0.251 e. The van der Waals surface area contributed by atoms with E-state index in [0.717, 1.165) is 11.3 Å². The number of anilines is 1. The van der Waals surface area contributed by atoms with Gasteiger partial charge in [-0.1, -0.05) is 35.9 Å². The highest BCUT2D eigenvalue weighted by Gasteiger charge is 2.12. The van der Waals surface area contributed by atoms with E-state index in [2.05, 4.69) is 48.5 Å². The molecule has 0 fully saturated rings. The first-order chi connectivity index (χ1) is 13.4. The minimum atomic E-state index is -0.185. The van der Waals surface area contributed by atoms with E-state index < -0.39 is 0 Å². The number of benzene rings is 2. The standard InChI is InChI=1S/C22H23N3O2S/c1-14-11-15(2)20(16(3)12-14)18-13-28-22(24-18)25-19(26)9-10-23-21(27)17-7-5-4-6-8-17/h4-8,11-13H,9-10H2,1-3H3,(H,23,27)(H,24,25,26). The van der Waals surface area contributed by atoms with Gasteiger partial charge in [-0.3, -0.25) is 9.59 Å². The maximum atomic E-state index is 12.2. The Morgan fingerprint density at radius 3 is 2.39 bits per heavy atom. The van der Waals surface area contributed by atoms with Gasteiger partial charge in [0.15, 0.2) is 5.13 Å². The number of hydrogen-bond donors (Lipinski definition) is 2. The average Bonchev–Trinajstić information content (AvgIpc) is 3.09. The highest BCUT2D eigenvalue weighted by Crippen LogP contribution is 2.31. The molecule has 1 aromatic heterocycles. The van der Waals surface area contributed by atoms with Crippen molar-refractivity contribution in [1.82, 2.24) is 10.3 Å². The van der Waals surface area contributed by atoms with Crippen molar-refractivity contribution in [3.05, 3.63) is 70.1 Å². The molecule has 6 heteroatoms. The normalized spacial score (nSPS) is 10.5. The van der Waals surface area contributed by atoms with Crippen molar-refractivity contribution >= 4 is 28.3 Å². The van der Waals surface area contributed by atoms with Gasteiger partial charge in [-0.05, 0) is 44.0 Å². The fraction of sp³-hybridized carbons (Fsp3) is 0.227. The second-order valence-corrected chi connectivity index (χ2v) is 7.59. The first-order valence-electron chi connectivity index (χ1n) is 9.11. The summed E-state index contributed by atoms with van der Waals surface area (Å²) in [6.07, 6.45) is 0.191. The van der Waals surface area contributed by atoms with Crippen molar-refractivity contribution in [2.75, 3.05) is 11.9 Å². The molecule has 1 heterocycles. The lowest BCUT2D eigenvalue weighted by Crippen LogP contribution is -2.27. The third kappa shape index (κ3) is 4.84. The Morgan fingerprint density at radius 2 is 1.71 bits per heavy atom. The molecule has 0 spiro atoms. The van der Waals surface area contributed by atoms with Crippen LogP contribution in [0.3, 0.4) is 0 Å². The van der Waals surface area contributed by atoms with E-state index in [4.69, 9.17) is 0 Å². The summed E-state index contributed by atoms with van der Waals surface area (Å²) in [7, 11) is 0. The minimum Gasteiger partial charge on any atom is -0.352 e. The molecule has 144 valence electrons. The molecular formula is C22H23N3O2S. The number of aryl methyl sites for hydroxylation is 3. The summed E-state index contributed by atoms with van der Waals surface area (Å²) in [6.45, 7) is 6.49. The Hall–Kier alpha value is -2.99. The molecular weight excluding hydrogens is 370 g/mol. The van der Waals surface area contributed by atoms with Crippen LogP contribution in [0.4, 0.5) is 5.13 Å².